The molecular formula is C13H13Cl2NO2. The van der Waals surface area contributed by atoms with Crippen molar-refractivity contribution in [1.29, 1.82) is 0 Å². The third-order valence-corrected chi connectivity index (χ3v) is 3.41. The summed E-state index contributed by atoms with van der Waals surface area (Å²) in [5.41, 5.74) is 0.920. The molecule has 0 bridgehead atoms. The highest BCUT2D eigenvalue weighted by atomic mass is 35.5. The summed E-state index contributed by atoms with van der Waals surface area (Å²) in [6.45, 7) is 2.36. The van der Waals surface area contributed by atoms with Crippen LogP contribution in [0.2, 0.25) is 10.0 Å². The predicted molar refractivity (Wildman–Crippen MR) is 73.1 cm³/mol. The van der Waals surface area contributed by atoms with Crippen LogP contribution in [0, 0.1) is 5.92 Å². The van der Waals surface area contributed by atoms with Crippen LogP contribution in [0.4, 0.5) is 0 Å². The number of carbonyl (C=O) groups is 1. The van der Waals surface area contributed by atoms with Gasteiger partial charge in [-0.2, -0.15) is 0 Å². The zero-order valence-corrected chi connectivity index (χ0v) is 11.6. The summed E-state index contributed by atoms with van der Waals surface area (Å²) in [4.78, 5) is 11.4. The van der Waals surface area contributed by atoms with Gasteiger partial charge in [0.25, 0.3) is 0 Å². The molecule has 5 heteroatoms. The highest BCUT2D eigenvalue weighted by molar-refractivity contribution is 6.38. The molecule has 0 saturated carbocycles. The van der Waals surface area contributed by atoms with Crippen LogP contribution in [0.15, 0.2) is 24.4 Å². The van der Waals surface area contributed by atoms with Crippen molar-refractivity contribution in [2.24, 2.45) is 5.92 Å². The highest BCUT2D eigenvalue weighted by Gasteiger charge is 2.15. The number of hydrogen-bond donors (Lipinski definition) is 0. The van der Waals surface area contributed by atoms with Crippen molar-refractivity contribution in [3.05, 3.63) is 34.4 Å². The Bertz CT molecular complexity index is 592. The molecule has 0 aliphatic carbocycles. The summed E-state index contributed by atoms with van der Waals surface area (Å²) in [6.07, 6.45) is 1.90. The van der Waals surface area contributed by atoms with E-state index in [4.69, 9.17) is 27.9 Å². The fraction of sp³-hybridized carbons (Fsp3) is 0.308. The minimum Gasteiger partial charge on any atom is -0.469 e. The molecule has 0 fully saturated rings. The molecule has 0 aliphatic rings. The quantitative estimate of drug-likeness (QED) is 0.804. The van der Waals surface area contributed by atoms with Crippen LogP contribution in [-0.4, -0.2) is 17.6 Å². The fourth-order valence-electron chi connectivity index (χ4n) is 1.95. The van der Waals surface area contributed by atoms with Gasteiger partial charge in [-0.1, -0.05) is 30.1 Å². The first-order valence-corrected chi connectivity index (χ1v) is 6.30. The minimum atomic E-state index is -0.232. The number of fused-ring (bicyclic) bond motifs is 1. The Labute approximate surface area is 115 Å². The van der Waals surface area contributed by atoms with Crippen LogP contribution < -0.4 is 0 Å². The van der Waals surface area contributed by atoms with Crippen molar-refractivity contribution >= 4 is 40.1 Å². The van der Waals surface area contributed by atoms with Crippen LogP contribution in [0.5, 0.6) is 0 Å². The number of benzene rings is 1. The third-order valence-electron chi connectivity index (χ3n) is 2.88. The van der Waals surface area contributed by atoms with Gasteiger partial charge in [0.1, 0.15) is 0 Å². The van der Waals surface area contributed by atoms with Gasteiger partial charge in [0.2, 0.25) is 0 Å². The maximum Gasteiger partial charge on any atom is 0.310 e. The molecule has 2 aromatic rings. The number of rotatable bonds is 3. The SMILES string of the molecule is COC(=O)C(C)Cn1ccc2c(Cl)cc(Cl)cc21. The lowest BCUT2D eigenvalue weighted by Gasteiger charge is -2.11. The smallest absolute Gasteiger partial charge is 0.310 e. The van der Waals surface area contributed by atoms with E-state index in [2.05, 4.69) is 0 Å². The van der Waals surface area contributed by atoms with Gasteiger partial charge in [-0.05, 0) is 18.2 Å². The summed E-state index contributed by atoms with van der Waals surface area (Å²) in [7, 11) is 1.39. The van der Waals surface area contributed by atoms with Gasteiger partial charge in [0, 0.05) is 23.2 Å². The molecule has 3 nitrogen and oxygen atoms in total. The molecule has 96 valence electrons. The number of nitrogens with zero attached hydrogens (tertiary/aromatic N) is 1. The summed E-state index contributed by atoms with van der Waals surface area (Å²) < 4.78 is 6.67. The predicted octanol–water partition coefficient (Wildman–Crippen LogP) is 3.76. The average molecular weight is 286 g/mol. The standard InChI is InChI=1S/C13H13Cl2NO2/c1-8(13(17)18-2)7-16-4-3-10-11(15)5-9(14)6-12(10)16/h3-6,8H,7H2,1-2H3. The number of ether oxygens (including phenoxy) is 1. The van der Waals surface area contributed by atoms with Gasteiger partial charge >= 0.3 is 5.97 Å². The van der Waals surface area contributed by atoms with Gasteiger partial charge in [0.05, 0.1) is 23.6 Å². The molecule has 0 saturated heterocycles. The second-order valence-electron chi connectivity index (χ2n) is 4.21. The molecule has 1 aromatic heterocycles. The molecule has 0 radical (unpaired) electrons. The van der Waals surface area contributed by atoms with Crippen LogP contribution in [0.3, 0.4) is 0 Å². The van der Waals surface area contributed by atoms with Crippen LogP contribution in [0.25, 0.3) is 10.9 Å². The highest BCUT2D eigenvalue weighted by Crippen LogP contribution is 2.29. The Balaban J connectivity index is 2.38. The minimum absolute atomic E-state index is 0.219. The molecule has 0 amide bonds. The maximum absolute atomic E-state index is 11.4. The van der Waals surface area contributed by atoms with E-state index >= 15 is 0 Å². The van der Waals surface area contributed by atoms with E-state index in [0.717, 1.165) is 10.9 Å². The van der Waals surface area contributed by atoms with Crippen LogP contribution >= 0.6 is 23.2 Å². The summed E-state index contributed by atoms with van der Waals surface area (Å²) in [5.74, 6) is -0.451. The molecule has 2 rings (SSSR count). The number of halogens is 2. The molecule has 0 aliphatic heterocycles. The summed E-state index contributed by atoms with van der Waals surface area (Å²) >= 11 is 12.1. The Morgan fingerprint density at radius 2 is 2.17 bits per heavy atom. The van der Waals surface area contributed by atoms with Crippen molar-refractivity contribution in [2.45, 2.75) is 13.5 Å². The average Bonchev–Trinajstić information content (AvgIpc) is 2.71. The molecule has 1 heterocycles. The van der Waals surface area contributed by atoms with E-state index in [9.17, 15) is 4.79 Å². The largest absolute Gasteiger partial charge is 0.469 e. The van der Waals surface area contributed by atoms with E-state index in [1.807, 2.05) is 29.8 Å². The van der Waals surface area contributed by atoms with Crippen molar-refractivity contribution in [2.75, 3.05) is 7.11 Å². The lowest BCUT2D eigenvalue weighted by Crippen LogP contribution is -2.18. The number of hydrogen-bond acceptors (Lipinski definition) is 2. The Hall–Kier alpha value is -1.19. The van der Waals surface area contributed by atoms with Gasteiger partial charge < -0.3 is 9.30 Å². The Morgan fingerprint density at radius 1 is 1.44 bits per heavy atom. The molecule has 1 unspecified atom stereocenters. The van der Waals surface area contributed by atoms with E-state index in [1.54, 1.807) is 6.07 Å². The molecule has 1 atom stereocenters. The molecule has 0 spiro atoms. The molecule has 1 aromatic carbocycles. The van der Waals surface area contributed by atoms with Crippen molar-refractivity contribution in [1.82, 2.24) is 4.57 Å². The number of aromatic nitrogens is 1. The first-order valence-electron chi connectivity index (χ1n) is 5.54. The van der Waals surface area contributed by atoms with Crippen molar-refractivity contribution in [3.8, 4) is 0 Å². The van der Waals surface area contributed by atoms with Crippen LogP contribution in [-0.2, 0) is 16.1 Å². The van der Waals surface area contributed by atoms with Gasteiger partial charge in [0.15, 0.2) is 0 Å². The number of esters is 1. The zero-order valence-electron chi connectivity index (χ0n) is 10.1. The number of carbonyl (C=O) groups excluding carboxylic acids is 1. The monoisotopic (exact) mass is 285 g/mol. The van der Waals surface area contributed by atoms with Crippen molar-refractivity contribution < 1.29 is 9.53 Å². The fourth-order valence-corrected chi connectivity index (χ4v) is 2.49. The third kappa shape index (κ3) is 2.47. The second-order valence-corrected chi connectivity index (χ2v) is 5.06. The summed E-state index contributed by atoms with van der Waals surface area (Å²) in [6, 6.07) is 5.46. The van der Waals surface area contributed by atoms with Gasteiger partial charge in [-0.3, -0.25) is 4.79 Å². The maximum atomic E-state index is 11.4. The van der Waals surface area contributed by atoms with Crippen LogP contribution in [0.1, 0.15) is 6.92 Å². The molecule has 18 heavy (non-hydrogen) atoms. The Morgan fingerprint density at radius 3 is 2.83 bits per heavy atom. The first kappa shape index (κ1) is 13.2. The van der Waals surface area contributed by atoms with Crippen molar-refractivity contribution in [3.63, 3.8) is 0 Å². The normalized spacial score (nSPS) is 12.7. The lowest BCUT2D eigenvalue weighted by molar-refractivity contribution is -0.145. The molecular weight excluding hydrogens is 273 g/mol. The van der Waals surface area contributed by atoms with E-state index in [0.29, 0.717) is 16.6 Å². The van der Waals surface area contributed by atoms with E-state index in [-0.39, 0.29) is 11.9 Å². The zero-order chi connectivity index (χ0) is 13.3. The van der Waals surface area contributed by atoms with Gasteiger partial charge in [-0.15, -0.1) is 0 Å². The second kappa shape index (κ2) is 5.21. The van der Waals surface area contributed by atoms with E-state index < -0.39 is 0 Å². The lowest BCUT2D eigenvalue weighted by atomic mass is 10.2. The number of methoxy groups -OCH3 is 1. The summed E-state index contributed by atoms with van der Waals surface area (Å²) in [5, 5.41) is 2.12. The van der Waals surface area contributed by atoms with Gasteiger partial charge in [-0.25, -0.2) is 0 Å². The topological polar surface area (TPSA) is 31.2 Å². The molecule has 0 N–H and O–H groups in total. The first-order chi connectivity index (χ1) is 8.52. The Kier molecular flexibility index (Phi) is 3.83. The van der Waals surface area contributed by atoms with E-state index in [1.165, 1.54) is 7.11 Å².